The summed E-state index contributed by atoms with van der Waals surface area (Å²) in [5.74, 6) is -0.226. The molecule has 1 saturated heterocycles. The minimum atomic E-state index is -3.43. The van der Waals surface area contributed by atoms with E-state index in [1.807, 2.05) is 72.8 Å². The summed E-state index contributed by atoms with van der Waals surface area (Å²) in [6.07, 6.45) is 1.41. The van der Waals surface area contributed by atoms with Gasteiger partial charge >= 0.3 is 6.09 Å². The highest BCUT2D eigenvalue weighted by Crippen LogP contribution is 2.23. The lowest BCUT2D eigenvalue weighted by Crippen LogP contribution is -2.61. The van der Waals surface area contributed by atoms with Gasteiger partial charge in [-0.05, 0) is 49.1 Å². The Hall–Kier alpha value is -3.43. The van der Waals surface area contributed by atoms with Gasteiger partial charge in [0.05, 0.1) is 6.26 Å². The number of ether oxygens (including phenoxy) is 1. The zero-order valence-corrected chi connectivity index (χ0v) is 24.7. The maximum atomic E-state index is 14.3. The highest BCUT2D eigenvalue weighted by molar-refractivity contribution is 7.88. The number of benzene rings is 3. The number of likely N-dealkylation sites (N-methyl/N-ethyl adjacent to an activating group) is 1. The number of piperazine rings is 1. The van der Waals surface area contributed by atoms with Gasteiger partial charge in [-0.3, -0.25) is 9.69 Å². The predicted octanol–water partition coefficient (Wildman–Crippen LogP) is 4.33. The van der Waals surface area contributed by atoms with E-state index in [2.05, 4.69) is 0 Å². The fraction of sp³-hybridized carbons (Fsp3) is 0.419. The van der Waals surface area contributed by atoms with Crippen molar-refractivity contribution in [3.8, 4) is 0 Å². The van der Waals surface area contributed by atoms with Crippen LogP contribution in [-0.2, 0) is 32.4 Å². The summed E-state index contributed by atoms with van der Waals surface area (Å²) in [6.45, 7) is 6.00. The number of carbonyl (C=O) groups is 2. The lowest BCUT2D eigenvalue weighted by Gasteiger charge is -2.43. The first-order valence-electron chi connectivity index (χ1n) is 13.5. The maximum absolute atomic E-state index is 14.3. The molecule has 0 aromatic heterocycles. The van der Waals surface area contributed by atoms with Gasteiger partial charge in [-0.25, -0.2) is 13.2 Å². The molecule has 1 fully saturated rings. The van der Waals surface area contributed by atoms with Gasteiger partial charge in [-0.15, -0.1) is 0 Å². The number of hydrogen-bond donors (Lipinski definition) is 0. The standard InChI is InChI=1S/C31H39N3O5S/c1-31(2,3)39-30(36)32(4)28(21-24-15-16-25-13-9-10-14-26(25)19-24)29(35)34-18-17-33(40(5,37)38)22-27(34)20-23-11-7-6-8-12-23/h6-16,19,27-28H,17-18,20-22H2,1-5H3. The van der Waals surface area contributed by atoms with Crippen molar-refractivity contribution in [3.05, 3.63) is 83.9 Å². The number of fused-ring (bicyclic) bond motifs is 1. The van der Waals surface area contributed by atoms with Gasteiger partial charge in [0.2, 0.25) is 15.9 Å². The minimum Gasteiger partial charge on any atom is -0.444 e. The van der Waals surface area contributed by atoms with Crippen LogP contribution in [0.5, 0.6) is 0 Å². The van der Waals surface area contributed by atoms with E-state index in [0.29, 0.717) is 12.8 Å². The SMILES string of the molecule is CN(C(=O)OC(C)(C)C)C(Cc1ccc2ccccc2c1)C(=O)N1CCN(S(C)(=O)=O)CC1Cc1ccccc1. The zero-order valence-electron chi connectivity index (χ0n) is 23.9. The first-order chi connectivity index (χ1) is 18.8. The molecule has 3 aromatic carbocycles. The normalized spacial score (nSPS) is 17.4. The summed E-state index contributed by atoms with van der Waals surface area (Å²) in [5.41, 5.74) is 1.20. The van der Waals surface area contributed by atoms with E-state index in [1.165, 1.54) is 15.5 Å². The zero-order chi connectivity index (χ0) is 29.1. The van der Waals surface area contributed by atoms with Crippen molar-refractivity contribution >= 4 is 32.8 Å². The number of amides is 2. The second-order valence-corrected chi connectivity index (χ2v) is 13.5. The van der Waals surface area contributed by atoms with Crippen molar-refractivity contribution < 1.29 is 22.7 Å². The van der Waals surface area contributed by atoms with E-state index in [9.17, 15) is 18.0 Å². The fourth-order valence-electron chi connectivity index (χ4n) is 5.11. The van der Waals surface area contributed by atoms with E-state index >= 15 is 0 Å². The summed E-state index contributed by atoms with van der Waals surface area (Å²) in [5, 5.41) is 2.14. The smallest absolute Gasteiger partial charge is 0.410 e. The molecule has 0 N–H and O–H groups in total. The molecule has 8 nitrogen and oxygen atoms in total. The molecule has 0 spiro atoms. The van der Waals surface area contributed by atoms with Crippen LogP contribution in [0, 0.1) is 0 Å². The first-order valence-corrected chi connectivity index (χ1v) is 15.4. The van der Waals surface area contributed by atoms with Crippen molar-refractivity contribution in [2.24, 2.45) is 0 Å². The van der Waals surface area contributed by atoms with Gasteiger partial charge in [-0.2, -0.15) is 4.31 Å². The van der Waals surface area contributed by atoms with E-state index in [0.717, 1.165) is 21.9 Å². The fourth-order valence-corrected chi connectivity index (χ4v) is 5.97. The summed E-state index contributed by atoms with van der Waals surface area (Å²) in [4.78, 5) is 30.7. The van der Waals surface area contributed by atoms with Crippen LogP contribution in [0.25, 0.3) is 10.8 Å². The molecule has 1 heterocycles. The molecule has 40 heavy (non-hydrogen) atoms. The molecule has 0 saturated carbocycles. The molecule has 0 bridgehead atoms. The minimum absolute atomic E-state index is 0.193. The third kappa shape index (κ3) is 7.40. The molecular weight excluding hydrogens is 526 g/mol. The lowest BCUT2D eigenvalue weighted by molar-refractivity contribution is -0.140. The molecule has 4 rings (SSSR count). The Morgan fingerprint density at radius 2 is 1.60 bits per heavy atom. The van der Waals surface area contributed by atoms with Gasteiger partial charge in [0.15, 0.2) is 0 Å². The Morgan fingerprint density at radius 1 is 0.950 bits per heavy atom. The van der Waals surface area contributed by atoms with Gasteiger partial charge in [0, 0.05) is 39.1 Å². The van der Waals surface area contributed by atoms with Crippen molar-refractivity contribution in [1.29, 1.82) is 0 Å². The second-order valence-electron chi connectivity index (χ2n) is 11.5. The van der Waals surface area contributed by atoms with Gasteiger partial charge < -0.3 is 9.64 Å². The largest absolute Gasteiger partial charge is 0.444 e. The average Bonchev–Trinajstić information content (AvgIpc) is 2.90. The molecule has 1 aliphatic rings. The third-order valence-electron chi connectivity index (χ3n) is 7.19. The molecule has 214 valence electrons. The highest BCUT2D eigenvalue weighted by atomic mass is 32.2. The Kier molecular flexibility index (Phi) is 8.85. The van der Waals surface area contributed by atoms with Crippen molar-refractivity contribution in [1.82, 2.24) is 14.1 Å². The third-order valence-corrected chi connectivity index (χ3v) is 8.46. The molecular formula is C31H39N3O5S. The van der Waals surface area contributed by atoms with Crippen LogP contribution in [-0.4, -0.2) is 85.1 Å². The Balaban J connectivity index is 1.67. The Morgan fingerprint density at radius 3 is 2.25 bits per heavy atom. The molecule has 9 heteroatoms. The molecule has 1 aliphatic heterocycles. The van der Waals surface area contributed by atoms with Crippen LogP contribution >= 0.6 is 0 Å². The van der Waals surface area contributed by atoms with Crippen LogP contribution in [0.3, 0.4) is 0 Å². The lowest BCUT2D eigenvalue weighted by atomic mass is 9.98. The molecule has 2 amide bonds. The molecule has 2 unspecified atom stereocenters. The van der Waals surface area contributed by atoms with Crippen LogP contribution < -0.4 is 0 Å². The molecule has 3 aromatic rings. The molecule has 0 radical (unpaired) electrons. The van der Waals surface area contributed by atoms with E-state index in [4.69, 9.17) is 4.74 Å². The monoisotopic (exact) mass is 565 g/mol. The first kappa shape index (κ1) is 29.6. The number of rotatable bonds is 7. The average molecular weight is 566 g/mol. The summed E-state index contributed by atoms with van der Waals surface area (Å²) >= 11 is 0. The van der Waals surface area contributed by atoms with Crippen molar-refractivity contribution in [2.75, 3.05) is 32.9 Å². The number of hydrogen-bond acceptors (Lipinski definition) is 5. The number of nitrogens with zero attached hydrogens (tertiary/aromatic N) is 3. The van der Waals surface area contributed by atoms with E-state index in [-0.39, 0.29) is 31.6 Å². The van der Waals surface area contributed by atoms with Gasteiger partial charge in [0.1, 0.15) is 11.6 Å². The van der Waals surface area contributed by atoms with E-state index in [1.54, 1.807) is 32.7 Å². The van der Waals surface area contributed by atoms with Crippen molar-refractivity contribution in [2.45, 2.75) is 51.3 Å². The van der Waals surface area contributed by atoms with Gasteiger partial charge in [0.25, 0.3) is 0 Å². The number of sulfonamides is 1. The number of carbonyl (C=O) groups excluding carboxylic acids is 2. The summed E-state index contributed by atoms with van der Waals surface area (Å²) in [7, 11) is -1.84. The van der Waals surface area contributed by atoms with Crippen LogP contribution in [0.4, 0.5) is 4.79 Å². The highest BCUT2D eigenvalue weighted by Gasteiger charge is 2.39. The molecule has 2 atom stereocenters. The molecule has 0 aliphatic carbocycles. The van der Waals surface area contributed by atoms with Gasteiger partial charge in [-0.1, -0.05) is 72.8 Å². The quantitative estimate of drug-likeness (QED) is 0.426. The van der Waals surface area contributed by atoms with Crippen LogP contribution in [0.1, 0.15) is 31.9 Å². The second kappa shape index (κ2) is 12.0. The summed E-state index contributed by atoms with van der Waals surface area (Å²) < 4.78 is 31.9. The topological polar surface area (TPSA) is 87.2 Å². The van der Waals surface area contributed by atoms with Crippen molar-refractivity contribution in [3.63, 3.8) is 0 Å². The Bertz CT molecular complexity index is 1450. The van der Waals surface area contributed by atoms with E-state index < -0.39 is 27.8 Å². The van der Waals surface area contributed by atoms with Crippen LogP contribution in [0.2, 0.25) is 0 Å². The maximum Gasteiger partial charge on any atom is 0.410 e. The summed E-state index contributed by atoms with van der Waals surface area (Å²) in [6, 6.07) is 22.5. The Labute approximate surface area is 237 Å². The van der Waals surface area contributed by atoms with Crippen LogP contribution in [0.15, 0.2) is 72.8 Å². The predicted molar refractivity (Wildman–Crippen MR) is 158 cm³/mol.